The highest BCUT2D eigenvalue weighted by molar-refractivity contribution is 7.80. The van der Waals surface area contributed by atoms with Crippen LogP contribution in [0.1, 0.15) is 32.6 Å². The van der Waals surface area contributed by atoms with Crippen molar-refractivity contribution in [1.29, 1.82) is 0 Å². The van der Waals surface area contributed by atoms with E-state index in [1.54, 1.807) is 0 Å². The molecule has 14 heavy (non-hydrogen) atoms. The van der Waals surface area contributed by atoms with Crippen LogP contribution in [0.4, 0.5) is 0 Å². The first-order valence-corrected chi connectivity index (χ1v) is 5.38. The summed E-state index contributed by atoms with van der Waals surface area (Å²) >= 11 is 3.93. The first kappa shape index (κ1) is 13.3. The van der Waals surface area contributed by atoms with E-state index in [-0.39, 0.29) is 5.91 Å². The lowest BCUT2D eigenvalue weighted by atomic mass is 10.2. The summed E-state index contributed by atoms with van der Waals surface area (Å²) in [5, 5.41) is 11.2. The fraction of sp³-hybridized carbons (Fsp3) is 0.778. The van der Waals surface area contributed by atoms with E-state index < -0.39 is 12.0 Å². The van der Waals surface area contributed by atoms with Gasteiger partial charge in [0.15, 0.2) is 0 Å². The largest absolute Gasteiger partial charge is 0.480 e. The Morgan fingerprint density at radius 2 is 2.14 bits per heavy atom. The number of aliphatic carboxylic acids is 1. The van der Waals surface area contributed by atoms with Crippen molar-refractivity contribution in [3.63, 3.8) is 0 Å². The molecule has 2 N–H and O–H groups in total. The van der Waals surface area contributed by atoms with Gasteiger partial charge in [-0.15, -0.1) is 0 Å². The molecule has 5 heteroatoms. The van der Waals surface area contributed by atoms with Gasteiger partial charge < -0.3 is 10.4 Å². The second kappa shape index (κ2) is 7.67. The molecule has 0 fully saturated rings. The summed E-state index contributed by atoms with van der Waals surface area (Å²) in [5.41, 5.74) is 0. The molecule has 1 amide bonds. The molecule has 0 bridgehead atoms. The Hall–Kier alpha value is -0.710. The lowest BCUT2D eigenvalue weighted by Crippen LogP contribution is -2.40. The van der Waals surface area contributed by atoms with E-state index >= 15 is 0 Å². The number of carbonyl (C=O) groups is 2. The van der Waals surface area contributed by atoms with Gasteiger partial charge in [0.2, 0.25) is 5.91 Å². The molecular weight excluding hydrogens is 202 g/mol. The van der Waals surface area contributed by atoms with E-state index in [1.165, 1.54) is 0 Å². The van der Waals surface area contributed by atoms with Gasteiger partial charge in [0.25, 0.3) is 0 Å². The van der Waals surface area contributed by atoms with E-state index in [1.807, 2.05) is 6.92 Å². The van der Waals surface area contributed by atoms with Crippen molar-refractivity contribution in [3.05, 3.63) is 0 Å². The number of nitrogens with one attached hydrogen (secondary N) is 1. The molecule has 0 aliphatic carbocycles. The first-order chi connectivity index (χ1) is 6.61. The number of carboxylic acid groups (broad SMARTS) is 1. The summed E-state index contributed by atoms with van der Waals surface area (Å²) in [6.07, 6.45) is 2.47. The predicted octanol–water partition coefficient (Wildman–Crippen LogP) is 1.07. The molecule has 1 atom stereocenters. The van der Waals surface area contributed by atoms with E-state index in [0.717, 1.165) is 12.8 Å². The number of rotatable bonds is 7. The number of carbonyl (C=O) groups excluding carboxylic acids is 1. The summed E-state index contributed by atoms with van der Waals surface area (Å²) in [5.74, 6) is -0.740. The molecule has 0 radical (unpaired) electrons. The average molecular weight is 219 g/mol. The van der Waals surface area contributed by atoms with Gasteiger partial charge in [-0.3, -0.25) is 4.79 Å². The van der Waals surface area contributed by atoms with Crippen LogP contribution in [0.5, 0.6) is 0 Å². The number of thiol groups is 1. The number of hydrogen-bond donors (Lipinski definition) is 3. The third-order valence-corrected chi connectivity index (χ3v) is 2.07. The van der Waals surface area contributed by atoms with Crippen LogP contribution in [-0.2, 0) is 9.59 Å². The number of carboxylic acids is 1. The fourth-order valence-corrected chi connectivity index (χ4v) is 1.25. The van der Waals surface area contributed by atoms with Crippen LogP contribution < -0.4 is 5.32 Å². The Morgan fingerprint density at radius 3 is 2.57 bits per heavy atom. The van der Waals surface area contributed by atoms with Gasteiger partial charge >= 0.3 is 5.97 Å². The summed E-state index contributed by atoms with van der Waals surface area (Å²) in [6.45, 7) is 1.98. The molecule has 0 aliphatic rings. The second-order valence-corrected chi connectivity index (χ2v) is 3.52. The van der Waals surface area contributed by atoms with Crippen LogP contribution in [0.3, 0.4) is 0 Å². The average Bonchev–Trinajstić information content (AvgIpc) is 2.14. The van der Waals surface area contributed by atoms with E-state index in [9.17, 15) is 9.59 Å². The molecule has 4 nitrogen and oxygen atoms in total. The minimum Gasteiger partial charge on any atom is -0.480 e. The molecule has 0 aromatic carbocycles. The van der Waals surface area contributed by atoms with Crippen LogP contribution in [0, 0.1) is 0 Å². The molecule has 0 saturated carbocycles. The highest BCUT2D eigenvalue weighted by Gasteiger charge is 2.18. The maximum absolute atomic E-state index is 11.2. The molecule has 0 aromatic rings. The minimum absolute atomic E-state index is 0.193. The Balaban J connectivity index is 3.90. The van der Waals surface area contributed by atoms with Crippen molar-refractivity contribution in [2.45, 2.75) is 38.6 Å². The number of unbranched alkanes of at least 4 members (excludes halogenated alkanes) is 1. The molecular formula is C9H17NO3S. The highest BCUT2D eigenvalue weighted by Crippen LogP contribution is 1.98. The molecule has 0 rings (SSSR count). The van der Waals surface area contributed by atoms with E-state index in [2.05, 4.69) is 17.9 Å². The smallest absolute Gasteiger partial charge is 0.326 e. The van der Waals surface area contributed by atoms with Crippen molar-refractivity contribution >= 4 is 24.5 Å². The lowest BCUT2D eigenvalue weighted by molar-refractivity contribution is -0.141. The van der Waals surface area contributed by atoms with Crippen LogP contribution in [-0.4, -0.2) is 28.8 Å². The van der Waals surface area contributed by atoms with Crippen molar-refractivity contribution in [2.75, 3.05) is 5.75 Å². The molecule has 0 aliphatic heterocycles. The standard InChI is InChI=1S/C9H17NO3S/c1-2-3-4-8(11)10-7(5-6-14)9(12)13/h7,14H,2-6H2,1H3,(H,10,11)(H,12,13)/t7-/m0/s1. The molecule has 0 spiro atoms. The second-order valence-electron chi connectivity index (χ2n) is 3.07. The van der Waals surface area contributed by atoms with Crippen molar-refractivity contribution in [3.8, 4) is 0 Å². The monoisotopic (exact) mass is 219 g/mol. The maximum Gasteiger partial charge on any atom is 0.326 e. The zero-order valence-electron chi connectivity index (χ0n) is 8.32. The maximum atomic E-state index is 11.2. The Bertz CT molecular complexity index is 196. The van der Waals surface area contributed by atoms with E-state index in [0.29, 0.717) is 18.6 Å². The normalized spacial score (nSPS) is 12.1. The summed E-state index contributed by atoms with van der Waals surface area (Å²) in [7, 11) is 0. The molecule has 82 valence electrons. The molecule has 0 unspecified atom stereocenters. The van der Waals surface area contributed by atoms with Crippen LogP contribution in [0.15, 0.2) is 0 Å². The Labute approximate surface area is 89.5 Å². The lowest BCUT2D eigenvalue weighted by Gasteiger charge is -2.12. The van der Waals surface area contributed by atoms with Crippen molar-refractivity contribution in [1.82, 2.24) is 5.32 Å². The highest BCUT2D eigenvalue weighted by atomic mass is 32.1. The van der Waals surface area contributed by atoms with Gasteiger partial charge in [0, 0.05) is 6.42 Å². The fourth-order valence-electron chi connectivity index (χ4n) is 0.990. The number of hydrogen-bond acceptors (Lipinski definition) is 3. The SMILES string of the molecule is CCCCC(=O)N[C@@H](CCS)C(=O)O. The topological polar surface area (TPSA) is 66.4 Å². The summed E-state index contributed by atoms with van der Waals surface area (Å²) < 4.78 is 0. The number of amides is 1. The summed E-state index contributed by atoms with van der Waals surface area (Å²) in [6, 6.07) is -0.795. The van der Waals surface area contributed by atoms with Gasteiger partial charge in [0.1, 0.15) is 6.04 Å². The predicted molar refractivity (Wildman–Crippen MR) is 57.6 cm³/mol. The third kappa shape index (κ3) is 5.85. The summed E-state index contributed by atoms with van der Waals surface area (Å²) in [4.78, 5) is 21.8. The van der Waals surface area contributed by atoms with Gasteiger partial charge in [-0.1, -0.05) is 13.3 Å². The van der Waals surface area contributed by atoms with Gasteiger partial charge in [0.05, 0.1) is 0 Å². The third-order valence-electron chi connectivity index (χ3n) is 1.81. The molecule has 0 heterocycles. The van der Waals surface area contributed by atoms with Gasteiger partial charge in [-0.2, -0.15) is 12.6 Å². The zero-order valence-corrected chi connectivity index (χ0v) is 9.22. The van der Waals surface area contributed by atoms with Crippen molar-refractivity contribution < 1.29 is 14.7 Å². The van der Waals surface area contributed by atoms with Crippen LogP contribution in [0.25, 0.3) is 0 Å². The van der Waals surface area contributed by atoms with Crippen molar-refractivity contribution in [2.24, 2.45) is 0 Å². The van der Waals surface area contributed by atoms with Crippen LogP contribution >= 0.6 is 12.6 Å². The van der Waals surface area contributed by atoms with Gasteiger partial charge in [-0.25, -0.2) is 4.79 Å². The molecule has 0 aromatic heterocycles. The van der Waals surface area contributed by atoms with Crippen LogP contribution in [0.2, 0.25) is 0 Å². The Kier molecular flexibility index (Phi) is 7.28. The molecule has 0 saturated heterocycles. The van der Waals surface area contributed by atoms with E-state index in [4.69, 9.17) is 5.11 Å². The first-order valence-electron chi connectivity index (χ1n) is 4.74. The van der Waals surface area contributed by atoms with Gasteiger partial charge in [-0.05, 0) is 18.6 Å². The quantitative estimate of drug-likeness (QED) is 0.561. The zero-order chi connectivity index (χ0) is 11.0. The minimum atomic E-state index is -0.996. The Morgan fingerprint density at radius 1 is 1.50 bits per heavy atom.